The van der Waals surface area contributed by atoms with Crippen molar-refractivity contribution >= 4 is 11.8 Å². The third-order valence-electron chi connectivity index (χ3n) is 1.75. The number of hydrogen-bond donors (Lipinski definition) is 2. The van der Waals surface area contributed by atoms with E-state index in [0.29, 0.717) is 5.16 Å². The molecule has 0 aliphatic carbocycles. The fraction of sp³-hybridized carbons (Fsp3) is 0.625. The second-order valence-electron chi connectivity index (χ2n) is 3.31. The minimum absolute atomic E-state index is 0.122. The van der Waals surface area contributed by atoms with Crippen molar-refractivity contribution in [1.29, 1.82) is 0 Å². The Hall–Kier alpha value is -1.08. The number of hydrogen-bond acceptors (Lipinski definition) is 5. The van der Waals surface area contributed by atoms with Crippen LogP contribution >= 0.6 is 11.8 Å². The van der Waals surface area contributed by atoms with Gasteiger partial charge in [0.15, 0.2) is 5.16 Å². The van der Waals surface area contributed by atoms with Gasteiger partial charge in [-0.05, 0) is 13.3 Å². The number of rotatable bonds is 4. The number of aromatic amines is 1. The number of nitrogens with zero attached hydrogens (tertiary/aromatic N) is 2. The lowest BCUT2D eigenvalue weighted by atomic mass is 10.3. The fourth-order valence-corrected chi connectivity index (χ4v) is 1.98. The summed E-state index contributed by atoms with van der Waals surface area (Å²) in [5.41, 5.74) is 4.14. The van der Waals surface area contributed by atoms with E-state index in [-0.39, 0.29) is 6.04 Å². The normalized spacial score (nSPS) is 12.7. The van der Waals surface area contributed by atoms with E-state index in [4.69, 9.17) is 5.73 Å². The van der Waals surface area contributed by atoms with Crippen LogP contribution in [0.15, 0.2) is 14.7 Å². The zero-order chi connectivity index (χ0) is 11.4. The van der Waals surface area contributed by atoms with Crippen molar-refractivity contribution < 1.29 is 0 Å². The number of thioether (sulfide) groups is 1. The summed E-state index contributed by atoms with van der Waals surface area (Å²) in [6.45, 7) is 1.92. The molecule has 1 atom stereocenters. The van der Waals surface area contributed by atoms with Crippen molar-refractivity contribution in [3.05, 3.63) is 20.7 Å². The molecule has 84 valence electrons. The lowest BCUT2D eigenvalue weighted by Gasteiger charge is -2.06. The molecule has 0 spiro atoms. The average Bonchev–Trinajstić information content (AvgIpc) is 2.13. The Bertz CT molecular complexity index is 437. The molecule has 7 heteroatoms. The monoisotopic (exact) mass is 230 g/mol. The van der Waals surface area contributed by atoms with Crippen LogP contribution in [0.4, 0.5) is 0 Å². The molecular weight excluding hydrogens is 216 g/mol. The van der Waals surface area contributed by atoms with Gasteiger partial charge in [-0.1, -0.05) is 11.8 Å². The van der Waals surface area contributed by atoms with Crippen molar-refractivity contribution in [2.75, 3.05) is 5.75 Å². The van der Waals surface area contributed by atoms with Gasteiger partial charge in [0.1, 0.15) is 0 Å². The van der Waals surface area contributed by atoms with Gasteiger partial charge in [-0.25, -0.2) is 0 Å². The molecule has 1 heterocycles. The van der Waals surface area contributed by atoms with Crippen LogP contribution in [0.5, 0.6) is 0 Å². The molecule has 0 bridgehead atoms. The first-order valence-electron chi connectivity index (χ1n) is 4.56. The third-order valence-corrected chi connectivity index (χ3v) is 2.82. The van der Waals surface area contributed by atoms with Crippen LogP contribution in [0.25, 0.3) is 0 Å². The van der Waals surface area contributed by atoms with Gasteiger partial charge in [0.25, 0.3) is 0 Å². The molecule has 15 heavy (non-hydrogen) atoms. The molecule has 0 radical (unpaired) electrons. The van der Waals surface area contributed by atoms with Gasteiger partial charge in [0.2, 0.25) is 0 Å². The Kier molecular flexibility index (Phi) is 4.10. The molecule has 0 aliphatic rings. The molecular formula is C8H14N4O2S. The van der Waals surface area contributed by atoms with Crippen molar-refractivity contribution in [1.82, 2.24) is 14.8 Å². The molecule has 1 aromatic rings. The van der Waals surface area contributed by atoms with E-state index >= 15 is 0 Å². The minimum atomic E-state index is -0.753. The van der Waals surface area contributed by atoms with Crippen LogP contribution in [0.1, 0.15) is 13.3 Å². The summed E-state index contributed by atoms with van der Waals surface area (Å²) < 4.78 is 1.44. The summed E-state index contributed by atoms with van der Waals surface area (Å²) in [6, 6.07) is 0.122. The Morgan fingerprint density at radius 1 is 1.60 bits per heavy atom. The second-order valence-corrected chi connectivity index (χ2v) is 4.38. The first kappa shape index (κ1) is 12.0. The number of nitrogens with two attached hydrogens (primary N) is 1. The van der Waals surface area contributed by atoms with Crippen molar-refractivity contribution in [2.45, 2.75) is 24.5 Å². The highest BCUT2D eigenvalue weighted by atomic mass is 32.2. The number of nitrogens with one attached hydrogen (secondary N) is 1. The fourth-order valence-electron chi connectivity index (χ4n) is 0.926. The van der Waals surface area contributed by atoms with Gasteiger partial charge in [-0.15, -0.1) is 0 Å². The maximum Gasteiger partial charge on any atom is 0.339 e. The molecule has 0 saturated heterocycles. The molecule has 0 aliphatic heterocycles. The smallest absolute Gasteiger partial charge is 0.328 e. The Balaban J connectivity index is 2.74. The number of aryl methyl sites for hydroxylation is 1. The first-order chi connectivity index (χ1) is 7.00. The lowest BCUT2D eigenvalue weighted by molar-refractivity contribution is 0.595. The zero-order valence-electron chi connectivity index (χ0n) is 8.69. The summed E-state index contributed by atoms with van der Waals surface area (Å²) in [7, 11) is 1.64. The largest absolute Gasteiger partial charge is 0.339 e. The van der Waals surface area contributed by atoms with E-state index in [1.807, 2.05) is 6.92 Å². The van der Waals surface area contributed by atoms with Crippen molar-refractivity contribution in [3.8, 4) is 0 Å². The van der Waals surface area contributed by atoms with Gasteiger partial charge in [0.05, 0.1) is 0 Å². The Labute approximate surface area is 90.9 Å². The summed E-state index contributed by atoms with van der Waals surface area (Å²) in [5, 5.41) is 2.88. The van der Waals surface area contributed by atoms with Gasteiger partial charge in [-0.2, -0.15) is 4.98 Å². The van der Waals surface area contributed by atoms with Gasteiger partial charge >= 0.3 is 11.1 Å². The molecule has 0 saturated carbocycles. The van der Waals surface area contributed by atoms with Gasteiger partial charge in [-0.3, -0.25) is 19.4 Å². The molecule has 0 fully saturated rings. The number of H-pyrrole nitrogens is 1. The van der Waals surface area contributed by atoms with Crippen LogP contribution in [0.3, 0.4) is 0 Å². The molecule has 6 nitrogen and oxygen atoms in total. The SMILES string of the molecule is CC(N)CCSc1nc(=O)c(=O)[nH]n1C. The van der Waals surface area contributed by atoms with Crippen LogP contribution in [-0.2, 0) is 7.05 Å². The highest BCUT2D eigenvalue weighted by Crippen LogP contribution is 2.12. The highest BCUT2D eigenvalue weighted by molar-refractivity contribution is 7.99. The molecule has 3 N–H and O–H groups in total. The summed E-state index contributed by atoms with van der Waals surface area (Å²) in [5.74, 6) is 0.768. The highest BCUT2D eigenvalue weighted by Gasteiger charge is 2.04. The predicted octanol–water partition coefficient (Wildman–Crippen LogP) is -0.702. The quantitative estimate of drug-likeness (QED) is 0.527. The van der Waals surface area contributed by atoms with Crippen LogP contribution < -0.4 is 16.9 Å². The van der Waals surface area contributed by atoms with Crippen LogP contribution in [-0.4, -0.2) is 26.6 Å². The minimum Gasteiger partial charge on any atom is -0.328 e. The van der Waals surface area contributed by atoms with Gasteiger partial charge in [0, 0.05) is 18.8 Å². The van der Waals surface area contributed by atoms with E-state index in [2.05, 4.69) is 10.1 Å². The maximum atomic E-state index is 11.0. The molecule has 0 aromatic carbocycles. The first-order valence-corrected chi connectivity index (χ1v) is 5.55. The van der Waals surface area contributed by atoms with E-state index < -0.39 is 11.1 Å². The van der Waals surface area contributed by atoms with E-state index in [1.54, 1.807) is 7.05 Å². The standard InChI is InChI=1S/C8H14N4O2S/c1-5(9)3-4-15-8-10-6(13)7(14)11-12(8)2/h5H,3-4,9H2,1-2H3,(H,11,14). The Morgan fingerprint density at radius 2 is 2.27 bits per heavy atom. The number of aromatic nitrogens is 3. The van der Waals surface area contributed by atoms with E-state index in [9.17, 15) is 9.59 Å². The topological polar surface area (TPSA) is 93.8 Å². The summed E-state index contributed by atoms with van der Waals surface area (Å²) >= 11 is 1.40. The van der Waals surface area contributed by atoms with E-state index in [1.165, 1.54) is 16.4 Å². The lowest BCUT2D eigenvalue weighted by Crippen LogP contribution is -2.33. The third kappa shape index (κ3) is 3.52. The predicted molar refractivity (Wildman–Crippen MR) is 59.1 cm³/mol. The van der Waals surface area contributed by atoms with Crippen LogP contribution in [0.2, 0.25) is 0 Å². The Morgan fingerprint density at radius 3 is 2.87 bits per heavy atom. The van der Waals surface area contributed by atoms with E-state index in [0.717, 1.165) is 12.2 Å². The van der Waals surface area contributed by atoms with Crippen LogP contribution in [0, 0.1) is 0 Å². The van der Waals surface area contributed by atoms with Crippen molar-refractivity contribution in [2.24, 2.45) is 12.8 Å². The summed E-state index contributed by atoms with van der Waals surface area (Å²) in [6.07, 6.45) is 0.833. The zero-order valence-corrected chi connectivity index (χ0v) is 9.50. The van der Waals surface area contributed by atoms with Gasteiger partial charge < -0.3 is 5.73 Å². The molecule has 1 aromatic heterocycles. The second kappa shape index (κ2) is 5.13. The molecule has 1 rings (SSSR count). The average molecular weight is 230 g/mol. The molecule has 1 unspecified atom stereocenters. The maximum absolute atomic E-state index is 11.0. The van der Waals surface area contributed by atoms with Crippen molar-refractivity contribution in [3.63, 3.8) is 0 Å². The molecule has 0 amide bonds. The summed E-state index contributed by atoms with van der Waals surface area (Å²) in [4.78, 5) is 25.5.